The standard InChI is InChI=1S/C6H10OS.C5H8S.B/c7-3-1-6-2-4-8-5-6;1-5-2-3-6-4-5;/h3,6H,1-2,4-5H2;1-4H2;. The fourth-order valence-corrected chi connectivity index (χ4v) is 3.72. The molecule has 0 bridgehead atoms. The van der Waals surface area contributed by atoms with Crippen molar-refractivity contribution in [3.05, 3.63) is 12.2 Å². The number of rotatable bonds is 2. The third kappa shape index (κ3) is 7.12. The van der Waals surface area contributed by atoms with Gasteiger partial charge < -0.3 is 4.79 Å². The van der Waals surface area contributed by atoms with Crippen molar-refractivity contribution >= 4 is 38.2 Å². The van der Waals surface area contributed by atoms with Crippen molar-refractivity contribution in [3.8, 4) is 0 Å². The van der Waals surface area contributed by atoms with Gasteiger partial charge >= 0.3 is 0 Å². The van der Waals surface area contributed by atoms with Crippen molar-refractivity contribution in [3.63, 3.8) is 0 Å². The van der Waals surface area contributed by atoms with Crippen LogP contribution in [0.3, 0.4) is 0 Å². The van der Waals surface area contributed by atoms with Crippen LogP contribution in [-0.2, 0) is 4.79 Å². The molecule has 2 fully saturated rings. The molecule has 0 aromatic carbocycles. The Kier molecular flexibility index (Phi) is 9.51. The molecule has 2 aliphatic rings. The lowest BCUT2D eigenvalue weighted by atomic mass is 10.1. The van der Waals surface area contributed by atoms with E-state index in [9.17, 15) is 4.79 Å². The Morgan fingerprint density at radius 3 is 2.53 bits per heavy atom. The zero-order valence-corrected chi connectivity index (χ0v) is 10.7. The Morgan fingerprint density at radius 1 is 1.40 bits per heavy atom. The van der Waals surface area contributed by atoms with E-state index < -0.39 is 0 Å². The molecular weight excluding hydrogens is 223 g/mol. The molecule has 4 heteroatoms. The summed E-state index contributed by atoms with van der Waals surface area (Å²) in [6.07, 6.45) is 4.33. The molecule has 0 spiro atoms. The van der Waals surface area contributed by atoms with Crippen LogP contribution in [0.4, 0.5) is 0 Å². The SMILES string of the molecule is C=C1CCSC1.O=CCC1CCSC1.[B]. The van der Waals surface area contributed by atoms with Gasteiger partial charge in [-0.25, -0.2) is 0 Å². The van der Waals surface area contributed by atoms with Gasteiger partial charge in [-0.05, 0) is 36.0 Å². The van der Waals surface area contributed by atoms with Gasteiger partial charge in [-0.1, -0.05) is 12.2 Å². The van der Waals surface area contributed by atoms with Gasteiger partial charge in [0.05, 0.1) is 0 Å². The van der Waals surface area contributed by atoms with E-state index >= 15 is 0 Å². The van der Waals surface area contributed by atoms with E-state index in [1.807, 2.05) is 23.5 Å². The predicted molar refractivity (Wildman–Crippen MR) is 72.9 cm³/mol. The molecule has 0 saturated carbocycles. The zero-order valence-electron chi connectivity index (χ0n) is 9.11. The van der Waals surface area contributed by atoms with Crippen LogP contribution in [0.25, 0.3) is 0 Å². The highest BCUT2D eigenvalue weighted by Gasteiger charge is 2.13. The molecule has 15 heavy (non-hydrogen) atoms. The highest BCUT2D eigenvalue weighted by Crippen LogP contribution is 2.24. The van der Waals surface area contributed by atoms with E-state index in [4.69, 9.17) is 0 Å². The number of carbonyl (C=O) groups excluding carboxylic acids is 1. The first-order chi connectivity index (χ1) is 6.83. The molecule has 0 aromatic rings. The largest absolute Gasteiger partial charge is 0.303 e. The maximum Gasteiger partial charge on any atom is 0.120 e. The predicted octanol–water partition coefficient (Wildman–Crippen LogP) is 2.63. The maximum atomic E-state index is 9.95. The van der Waals surface area contributed by atoms with Crippen LogP contribution >= 0.6 is 23.5 Å². The van der Waals surface area contributed by atoms with E-state index in [-0.39, 0.29) is 8.41 Å². The molecular formula is C11H18BOS2. The molecule has 0 aromatic heterocycles. The second-order valence-corrected chi connectivity index (χ2v) is 5.94. The second kappa shape index (κ2) is 9.40. The van der Waals surface area contributed by atoms with Crippen molar-refractivity contribution in [1.82, 2.24) is 0 Å². The third-order valence-corrected chi connectivity index (χ3v) is 4.70. The van der Waals surface area contributed by atoms with Crippen LogP contribution in [0.15, 0.2) is 12.2 Å². The average Bonchev–Trinajstić information content (AvgIpc) is 2.79. The lowest BCUT2D eigenvalue weighted by Crippen LogP contribution is -1.96. The number of aldehydes is 1. The van der Waals surface area contributed by atoms with Gasteiger partial charge in [0.15, 0.2) is 0 Å². The van der Waals surface area contributed by atoms with Gasteiger partial charge in [0.25, 0.3) is 0 Å². The lowest BCUT2D eigenvalue weighted by Gasteiger charge is -1.97. The zero-order chi connectivity index (χ0) is 10.2. The van der Waals surface area contributed by atoms with Gasteiger partial charge in [-0.3, -0.25) is 0 Å². The van der Waals surface area contributed by atoms with E-state index in [1.165, 1.54) is 41.4 Å². The fraction of sp³-hybridized carbons (Fsp3) is 0.727. The fourth-order valence-electron chi connectivity index (χ4n) is 1.41. The molecule has 2 saturated heterocycles. The smallest absolute Gasteiger partial charge is 0.120 e. The average molecular weight is 241 g/mol. The molecule has 0 N–H and O–H groups in total. The number of carbonyl (C=O) groups is 1. The summed E-state index contributed by atoms with van der Waals surface area (Å²) in [5.74, 6) is 5.69. The third-order valence-electron chi connectivity index (χ3n) is 2.36. The molecule has 3 radical (unpaired) electrons. The van der Waals surface area contributed by atoms with Crippen LogP contribution < -0.4 is 0 Å². The lowest BCUT2D eigenvalue weighted by molar-refractivity contribution is -0.108. The summed E-state index contributed by atoms with van der Waals surface area (Å²) in [6, 6.07) is 0. The molecule has 1 unspecified atom stereocenters. The minimum Gasteiger partial charge on any atom is -0.303 e. The molecule has 1 nitrogen and oxygen atoms in total. The number of thioether (sulfide) groups is 2. The van der Waals surface area contributed by atoms with Crippen LogP contribution in [-0.4, -0.2) is 37.7 Å². The van der Waals surface area contributed by atoms with Gasteiger partial charge in [-0.15, -0.1) is 0 Å². The normalized spacial score (nSPS) is 24.0. The van der Waals surface area contributed by atoms with E-state index in [0.29, 0.717) is 5.92 Å². The summed E-state index contributed by atoms with van der Waals surface area (Å²) in [7, 11) is 0. The first kappa shape index (κ1) is 15.2. The first-order valence-electron chi connectivity index (χ1n) is 5.08. The van der Waals surface area contributed by atoms with Crippen LogP contribution in [0.1, 0.15) is 19.3 Å². The van der Waals surface area contributed by atoms with Crippen molar-refractivity contribution in [2.45, 2.75) is 19.3 Å². The van der Waals surface area contributed by atoms with Crippen molar-refractivity contribution in [2.24, 2.45) is 5.92 Å². The Morgan fingerprint density at radius 2 is 2.20 bits per heavy atom. The van der Waals surface area contributed by atoms with Crippen LogP contribution in [0.2, 0.25) is 0 Å². The van der Waals surface area contributed by atoms with Crippen molar-refractivity contribution in [1.29, 1.82) is 0 Å². The Labute approximate surface area is 103 Å². The summed E-state index contributed by atoms with van der Waals surface area (Å²) >= 11 is 3.95. The van der Waals surface area contributed by atoms with Gasteiger partial charge in [0, 0.05) is 20.6 Å². The molecule has 1 atom stereocenters. The Hall–Kier alpha value is 0.175. The number of hydrogen-bond donors (Lipinski definition) is 0. The summed E-state index contributed by atoms with van der Waals surface area (Å²) < 4.78 is 0. The summed E-state index contributed by atoms with van der Waals surface area (Å²) in [5, 5.41) is 0. The highest BCUT2D eigenvalue weighted by atomic mass is 32.2. The first-order valence-corrected chi connectivity index (χ1v) is 7.39. The molecule has 2 rings (SSSR count). The Balaban J connectivity index is 0.000000253. The summed E-state index contributed by atoms with van der Waals surface area (Å²) in [4.78, 5) is 9.95. The molecule has 83 valence electrons. The molecule has 0 aliphatic carbocycles. The molecule has 2 heterocycles. The van der Waals surface area contributed by atoms with Gasteiger partial charge in [0.2, 0.25) is 0 Å². The molecule has 0 amide bonds. The number of hydrogen-bond acceptors (Lipinski definition) is 3. The van der Waals surface area contributed by atoms with E-state index in [2.05, 4.69) is 6.58 Å². The Bertz CT molecular complexity index is 183. The van der Waals surface area contributed by atoms with Gasteiger partial charge in [-0.2, -0.15) is 23.5 Å². The summed E-state index contributed by atoms with van der Waals surface area (Å²) in [5.41, 5.74) is 1.42. The van der Waals surface area contributed by atoms with E-state index in [1.54, 1.807) is 0 Å². The highest BCUT2D eigenvalue weighted by molar-refractivity contribution is 7.99. The van der Waals surface area contributed by atoms with E-state index in [0.717, 1.165) is 12.7 Å². The monoisotopic (exact) mass is 241 g/mol. The van der Waals surface area contributed by atoms with Crippen molar-refractivity contribution < 1.29 is 4.79 Å². The minimum atomic E-state index is 0. The van der Waals surface area contributed by atoms with Crippen LogP contribution in [0.5, 0.6) is 0 Å². The van der Waals surface area contributed by atoms with Crippen molar-refractivity contribution in [2.75, 3.05) is 23.0 Å². The second-order valence-electron chi connectivity index (χ2n) is 3.68. The minimum absolute atomic E-state index is 0. The maximum absolute atomic E-state index is 9.95. The topological polar surface area (TPSA) is 17.1 Å². The van der Waals surface area contributed by atoms with Gasteiger partial charge in [0.1, 0.15) is 6.29 Å². The molecule has 2 aliphatic heterocycles. The summed E-state index contributed by atoms with van der Waals surface area (Å²) in [6.45, 7) is 3.83. The quantitative estimate of drug-likeness (QED) is 0.420. The van der Waals surface area contributed by atoms with Crippen LogP contribution in [0, 0.1) is 5.92 Å².